The Bertz CT molecular complexity index is 499. The maximum absolute atomic E-state index is 4.45. The van der Waals surface area contributed by atoms with Gasteiger partial charge in [-0.1, -0.05) is 6.42 Å². The van der Waals surface area contributed by atoms with E-state index in [1.165, 1.54) is 43.6 Å². The van der Waals surface area contributed by atoms with Crippen molar-refractivity contribution in [2.75, 3.05) is 33.2 Å². The molecular formula is C16H30N6. The van der Waals surface area contributed by atoms with E-state index in [0.717, 1.165) is 31.3 Å². The predicted octanol–water partition coefficient (Wildman–Crippen LogP) is 1.19. The monoisotopic (exact) mass is 306 g/mol. The lowest BCUT2D eigenvalue weighted by molar-refractivity contribution is 0.232. The third kappa shape index (κ3) is 4.47. The van der Waals surface area contributed by atoms with Crippen LogP contribution in [0.3, 0.4) is 0 Å². The lowest BCUT2D eigenvalue weighted by Crippen LogP contribution is -2.42. The maximum atomic E-state index is 4.45. The first kappa shape index (κ1) is 16.8. The van der Waals surface area contributed by atoms with Gasteiger partial charge in [-0.25, -0.2) is 0 Å². The molecule has 1 fully saturated rings. The Morgan fingerprint density at radius 1 is 1.18 bits per heavy atom. The largest absolute Gasteiger partial charge is 0.355 e. The van der Waals surface area contributed by atoms with E-state index in [9.17, 15) is 0 Å². The average molecular weight is 306 g/mol. The molecule has 1 aliphatic heterocycles. The van der Waals surface area contributed by atoms with Gasteiger partial charge in [-0.3, -0.25) is 9.67 Å². The SMILES string of the molecule is CN=C(NCCN1CCCCC1)NCc1c(C)nn(C)c1C. The van der Waals surface area contributed by atoms with Gasteiger partial charge in [-0.05, 0) is 39.8 Å². The minimum absolute atomic E-state index is 0.759. The standard InChI is InChI=1S/C16H30N6/c1-13-15(14(2)21(4)20-13)12-19-16(17-3)18-8-11-22-9-6-5-7-10-22/h5-12H2,1-4H3,(H2,17,18,19). The molecule has 2 heterocycles. The Morgan fingerprint density at radius 3 is 2.50 bits per heavy atom. The van der Waals surface area contributed by atoms with Gasteiger partial charge >= 0.3 is 0 Å². The molecule has 0 radical (unpaired) electrons. The summed E-state index contributed by atoms with van der Waals surface area (Å²) in [5.41, 5.74) is 3.53. The van der Waals surface area contributed by atoms with Crippen LogP contribution < -0.4 is 10.6 Å². The highest BCUT2D eigenvalue weighted by atomic mass is 15.3. The molecule has 2 N–H and O–H groups in total. The zero-order valence-electron chi connectivity index (χ0n) is 14.4. The molecule has 0 aromatic carbocycles. The zero-order chi connectivity index (χ0) is 15.9. The second kappa shape index (κ2) is 8.17. The number of aryl methyl sites for hydroxylation is 2. The molecule has 0 aliphatic carbocycles. The Kier molecular flexibility index (Phi) is 6.24. The fourth-order valence-corrected chi connectivity index (χ4v) is 2.98. The van der Waals surface area contributed by atoms with Crippen LogP contribution in [0.4, 0.5) is 0 Å². The molecule has 1 aliphatic rings. The lowest BCUT2D eigenvalue weighted by atomic mass is 10.1. The van der Waals surface area contributed by atoms with Crippen LogP contribution in [0.15, 0.2) is 4.99 Å². The number of guanidine groups is 1. The van der Waals surface area contributed by atoms with Crippen molar-refractivity contribution in [3.63, 3.8) is 0 Å². The summed E-state index contributed by atoms with van der Waals surface area (Å²) in [5.74, 6) is 0.861. The molecule has 0 amide bonds. The van der Waals surface area contributed by atoms with E-state index >= 15 is 0 Å². The fourth-order valence-electron chi connectivity index (χ4n) is 2.98. The molecule has 6 nitrogen and oxygen atoms in total. The van der Waals surface area contributed by atoms with E-state index in [2.05, 4.69) is 39.5 Å². The van der Waals surface area contributed by atoms with Crippen molar-refractivity contribution < 1.29 is 0 Å². The van der Waals surface area contributed by atoms with Crippen LogP contribution in [0.25, 0.3) is 0 Å². The summed E-state index contributed by atoms with van der Waals surface area (Å²) >= 11 is 0. The van der Waals surface area contributed by atoms with Crippen molar-refractivity contribution in [3.05, 3.63) is 17.0 Å². The number of rotatable bonds is 5. The minimum Gasteiger partial charge on any atom is -0.355 e. The number of hydrogen-bond donors (Lipinski definition) is 2. The van der Waals surface area contributed by atoms with Gasteiger partial charge in [-0.15, -0.1) is 0 Å². The first-order valence-corrected chi connectivity index (χ1v) is 8.27. The molecule has 0 saturated carbocycles. The van der Waals surface area contributed by atoms with Crippen molar-refractivity contribution in [3.8, 4) is 0 Å². The maximum Gasteiger partial charge on any atom is 0.191 e. The van der Waals surface area contributed by atoms with Crippen LogP contribution in [0.5, 0.6) is 0 Å². The van der Waals surface area contributed by atoms with E-state index in [4.69, 9.17) is 0 Å². The molecule has 0 spiro atoms. The van der Waals surface area contributed by atoms with Crippen LogP contribution in [-0.2, 0) is 13.6 Å². The molecule has 22 heavy (non-hydrogen) atoms. The number of aromatic nitrogens is 2. The third-order valence-corrected chi connectivity index (χ3v) is 4.48. The average Bonchev–Trinajstić information content (AvgIpc) is 2.77. The van der Waals surface area contributed by atoms with E-state index in [-0.39, 0.29) is 0 Å². The van der Waals surface area contributed by atoms with E-state index in [1.54, 1.807) is 0 Å². The van der Waals surface area contributed by atoms with Crippen molar-refractivity contribution in [2.24, 2.45) is 12.0 Å². The number of likely N-dealkylation sites (tertiary alicyclic amines) is 1. The second-order valence-electron chi connectivity index (χ2n) is 6.03. The minimum atomic E-state index is 0.759. The topological polar surface area (TPSA) is 57.5 Å². The van der Waals surface area contributed by atoms with Gasteiger partial charge < -0.3 is 15.5 Å². The smallest absolute Gasteiger partial charge is 0.191 e. The summed E-state index contributed by atoms with van der Waals surface area (Å²) in [6.45, 7) is 9.41. The first-order valence-electron chi connectivity index (χ1n) is 8.27. The van der Waals surface area contributed by atoms with Gasteiger partial charge in [0.05, 0.1) is 5.69 Å². The van der Waals surface area contributed by atoms with Crippen LogP contribution in [0.2, 0.25) is 0 Å². The van der Waals surface area contributed by atoms with Crippen LogP contribution in [0, 0.1) is 13.8 Å². The molecule has 0 unspecified atom stereocenters. The van der Waals surface area contributed by atoms with Gasteiger partial charge in [0.25, 0.3) is 0 Å². The molecule has 124 valence electrons. The fraction of sp³-hybridized carbons (Fsp3) is 0.750. The zero-order valence-corrected chi connectivity index (χ0v) is 14.4. The van der Waals surface area contributed by atoms with Crippen LogP contribution in [-0.4, -0.2) is 53.9 Å². The van der Waals surface area contributed by atoms with Crippen LogP contribution in [0.1, 0.15) is 36.2 Å². The molecule has 6 heteroatoms. The quantitative estimate of drug-likeness (QED) is 0.634. The predicted molar refractivity (Wildman–Crippen MR) is 91.2 cm³/mol. The van der Waals surface area contributed by atoms with E-state index in [1.807, 2.05) is 18.8 Å². The number of piperidine rings is 1. The Hall–Kier alpha value is -1.56. The Labute approximate surface area is 134 Å². The highest BCUT2D eigenvalue weighted by molar-refractivity contribution is 5.79. The first-order chi connectivity index (χ1) is 10.6. The van der Waals surface area contributed by atoms with E-state index < -0.39 is 0 Å². The number of hydrogen-bond acceptors (Lipinski definition) is 3. The van der Waals surface area contributed by atoms with Crippen molar-refractivity contribution in [1.82, 2.24) is 25.3 Å². The van der Waals surface area contributed by atoms with Crippen molar-refractivity contribution in [2.45, 2.75) is 39.7 Å². The Morgan fingerprint density at radius 2 is 1.91 bits per heavy atom. The molecule has 1 saturated heterocycles. The summed E-state index contributed by atoms with van der Waals surface area (Å²) in [4.78, 5) is 6.83. The Balaban J connectivity index is 1.75. The number of nitrogens with zero attached hydrogens (tertiary/aromatic N) is 4. The van der Waals surface area contributed by atoms with Gasteiger partial charge in [-0.2, -0.15) is 5.10 Å². The van der Waals surface area contributed by atoms with Gasteiger partial charge in [0.1, 0.15) is 0 Å². The number of nitrogens with one attached hydrogen (secondary N) is 2. The molecule has 1 aromatic rings. The molecular weight excluding hydrogens is 276 g/mol. The normalized spacial score (nSPS) is 16.8. The summed E-state index contributed by atoms with van der Waals surface area (Å²) in [7, 11) is 3.80. The molecule has 0 atom stereocenters. The summed E-state index contributed by atoms with van der Waals surface area (Å²) in [5, 5.41) is 11.2. The van der Waals surface area contributed by atoms with E-state index in [0.29, 0.717) is 0 Å². The highest BCUT2D eigenvalue weighted by Crippen LogP contribution is 2.11. The summed E-state index contributed by atoms with van der Waals surface area (Å²) in [6.07, 6.45) is 4.07. The molecule has 1 aromatic heterocycles. The highest BCUT2D eigenvalue weighted by Gasteiger charge is 2.11. The summed E-state index contributed by atoms with van der Waals surface area (Å²) in [6, 6.07) is 0. The number of aliphatic imine (C=N–C) groups is 1. The third-order valence-electron chi connectivity index (χ3n) is 4.48. The molecule has 0 bridgehead atoms. The van der Waals surface area contributed by atoms with Gasteiger partial charge in [0.15, 0.2) is 5.96 Å². The van der Waals surface area contributed by atoms with Crippen molar-refractivity contribution in [1.29, 1.82) is 0 Å². The lowest BCUT2D eigenvalue weighted by Gasteiger charge is -2.26. The van der Waals surface area contributed by atoms with Crippen molar-refractivity contribution >= 4 is 5.96 Å². The summed E-state index contributed by atoms with van der Waals surface area (Å²) < 4.78 is 1.93. The van der Waals surface area contributed by atoms with Gasteiger partial charge in [0, 0.05) is 45.0 Å². The molecule has 2 rings (SSSR count). The van der Waals surface area contributed by atoms with Crippen LogP contribution >= 0.6 is 0 Å². The van der Waals surface area contributed by atoms with Gasteiger partial charge in [0.2, 0.25) is 0 Å². The second-order valence-corrected chi connectivity index (χ2v) is 6.03.